The SMILES string of the molecule is NC(C(=O)Cc1ccco1)c1cccs1. The van der Waals surface area contributed by atoms with E-state index in [1.807, 2.05) is 17.5 Å². The molecular formula is C11H11NO2S. The first-order valence-electron chi connectivity index (χ1n) is 4.61. The topological polar surface area (TPSA) is 56.2 Å². The van der Waals surface area contributed by atoms with Crippen LogP contribution in [0.4, 0.5) is 0 Å². The lowest BCUT2D eigenvalue weighted by Crippen LogP contribution is -2.21. The zero-order chi connectivity index (χ0) is 10.7. The maximum atomic E-state index is 11.7. The first kappa shape index (κ1) is 10.1. The van der Waals surface area contributed by atoms with Crippen molar-refractivity contribution in [3.63, 3.8) is 0 Å². The summed E-state index contributed by atoms with van der Waals surface area (Å²) in [5.41, 5.74) is 5.82. The molecular weight excluding hydrogens is 210 g/mol. The summed E-state index contributed by atoms with van der Waals surface area (Å²) in [7, 11) is 0. The summed E-state index contributed by atoms with van der Waals surface area (Å²) >= 11 is 1.50. The van der Waals surface area contributed by atoms with Gasteiger partial charge in [0.2, 0.25) is 0 Å². The van der Waals surface area contributed by atoms with Crippen molar-refractivity contribution < 1.29 is 9.21 Å². The third kappa shape index (κ3) is 2.34. The molecule has 2 rings (SSSR count). The standard InChI is InChI=1S/C11H11NO2S/c12-11(10-4-2-6-15-10)9(13)7-8-3-1-5-14-8/h1-6,11H,7,12H2. The quantitative estimate of drug-likeness (QED) is 0.860. The molecule has 2 N–H and O–H groups in total. The van der Waals surface area contributed by atoms with Gasteiger partial charge in [0.05, 0.1) is 18.7 Å². The second-order valence-corrected chi connectivity index (χ2v) is 4.19. The fourth-order valence-corrected chi connectivity index (χ4v) is 2.07. The fraction of sp³-hybridized carbons (Fsp3) is 0.182. The number of rotatable bonds is 4. The Bertz CT molecular complexity index is 419. The molecule has 0 bridgehead atoms. The van der Waals surface area contributed by atoms with Crippen LogP contribution in [0.15, 0.2) is 40.3 Å². The Labute approximate surface area is 91.5 Å². The summed E-state index contributed by atoms with van der Waals surface area (Å²) in [5, 5.41) is 1.91. The minimum atomic E-state index is -0.532. The van der Waals surface area contributed by atoms with E-state index in [1.165, 1.54) is 11.3 Å². The number of furan rings is 1. The van der Waals surface area contributed by atoms with Crippen LogP contribution in [0.1, 0.15) is 16.7 Å². The molecule has 0 radical (unpaired) electrons. The van der Waals surface area contributed by atoms with Crippen molar-refractivity contribution in [3.8, 4) is 0 Å². The monoisotopic (exact) mass is 221 g/mol. The van der Waals surface area contributed by atoms with E-state index in [4.69, 9.17) is 10.2 Å². The summed E-state index contributed by atoms with van der Waals surface area (Å²) in [6.45, 7) is 0. The molecule has 4 heteroatoms. The third-order valence-electron chi connectivity index (χ3n) is 2.13. The van der Waals surface area contributed by atoms with Crippen molar-refractivity contribution in [2.75, 3.05) is 0 Å². The van der Waals surface area contributed by atoms with Crippen LogP contribution < -0.4 is 5.73 Å². The maximum absolute atomic E-state index is 11.7. The van der Waals surface area contributed by atoms with Gasteiger partial charge >= 0.3 is 0 Å². The Hall–Kier alpha value is -1.39. The van der Waals surface area contributed by atoms with Crippen LogP contribution in [-0.2, 0) is 11.2 Å². The van der Waals surface area contributed by atoms with Gasteiger partial charge in [-0.2, -0.15) is 0 Å². The minimum Gasteiger partial charge on any atom is -0.469 e. The molecule has 0 aromatic carbocycles. The van der Waals surface area contributed by atoms with Crippen LogP contribution in [0.2, 0.25) is 0 Å². The van der Waals surface area contributed by atoms with Gasteiger partial charge in [0.25, 0.3) is 0 Å². The van der Waals surface area contributed by atoms with Crippen molar-refractivity contribution in [1.82, 2.24) is 0 Å². The highest BCUT2D eigenvalue weighted by Gasteiger charge is 2.17. The predicted octanol–water partition coefficient (Wildman–Crippen LogP) is 2.15. The van der Waals surface area contributed by atoms with Crippen LogP contribution in [0.5, 0.6) is 0 Å². The van der Waals surface area contributed by atoms with Crippen LogP contribution in [0.3, 0.4) is 0 Å². The molecule has 15 heavy (non-hydrogen) atoms. The minimum absolute atomic E-state index is 0.0209. The van der Waals surface area contributed by atoms with Gasteiger partial charge in [-0.25, -0.2) is 0 Å². The highest BCUT2D eigenvalue weighted by Crippen LogP contribution is 2.19. The Balaban J connectivity index is 2.03. The van der Waals surface area contributed by atoms with Crippen molar-refractivity contribution >= 4 is 17.1 Å². The van der Waals surface area contributed by atoms with E-state index in [-0.39, 0.29) is 12.2 Å². The van der Waals surface area contributed by atoms with Crippen molar-refractivity contribution in [1.29, 1.82) is 0 Å². The van der Waals surface area contributed by atoms with Crippen LogP contribution in [0.25, 0.3) is 0 Å². The normalized spacial score (nSPS) is 12.6. The molecule has 0 aliphatic carbocycles. The van der Waals surface area contributed by atoms with Gasteiger partial charge in [-0.05, 0) is 23.6 Å². The lowest BCUT2D eigenvalue weighted by atomic mass is 10.1. The molecule has 2 heterocycles. The van der Waals surface area contributed by atoms with E-state index in [2.05, 4.69) is 0 Å². The number of thiophene rings is 1. The average molecular weight is 221 g/mol. The number of hydrogen-bond acceptors (Lipinski definition) is 4. The van der Waals surface area contributed by atoms with Crippen LogP contribution in [0, 0.1) is 0 Å². The molecule has 0 fully saturated rings. The molecule has 78 valence electrons. The predicted molar refractivity (Wildman–Crippen MR) is 58.7 cm³/mol. The zero-order valence-corrected chi connectivity index (χ0v) is 8.87. The van der Waals surface area contributed by atoms with Gasteiger partial charge in [0.1, 0.15) is 5.76 Å². The molecule has 1 unspecified atom stereocenters. The summed E-state index contributed by atoms with van der Waals surface area (Å²) in [6.07, 6.45) is 1.81. The number of hydrogen-bond donors (Lipinski definition) is 1. The highest BCUT2D eigenvalue weighted by molar-refractivity contribution is 7.10. The molecule has 0 saturated heterocycles. The first-order valence-corrected chi connectivity index (χ1v) is 5.49. The van der Waals surface area contributed by atoms with E-state index in [0.29, 0.717) is 5.76 Å². The first-order chi connectivity index (χ1) is 7.27. The van der Waals surface area contributed by atoms with E-state index in [9.17, 15) is 4.79 Å². The molecule has 2 aromatic rings. The van der Waals surface area contributed by atoms with Crippen molar-refractivity contribution in [3.05, 3.63) is 46.5 Å². The molecule has 0 saturated carbocycles. The van der Waals surface area contributed by atoms with E-state index < -0.39 is 6.04 Å². The van der Waals surface area contributed by atoms with Crippen LogP contribution in [-0.4, -0.2) is 5.78 Å². The van der Waals surface area contributed by atoms with Gasteiger partial charge in [0.15, 0.2) is 5.78 Å². The molecule has 0 aliphatic rings. The average Bonchev–Trinajstić information content (AvgIpc) is 2.88. The summed E-state index contributed by atoms with van der Waals surface area (Å²) in [5.74, 6) is 0.638. The molecule has 1 atom stereocenters. The molecule has 0 spiro atoms. The second kappa shape index (κ2) is 4.42. The Morgan fingerprint density at radius 3 is 2.93 bits per heavy atom. The molecule has 2 aromatic heterocycles. The Morgan fingerprint density at radius 1 is 1.47 bits per heavy atom. The number of nitrogens with two attached hydrogens (primary N) is 1. The van der Waals surface area contributed by atoms with Crippen molar-refractivity contribution in [2.45, 2.75) is 12.5 Å². The Kier molecular flexibility index (Phi) is 2.99. The molecule has 0 amide bonds. The summed E-state index contributed by atoms with van der Waals surface area (Å²) in [4.78, 5) is 12.6. The Morgan fingerprint density at radius 2 is 2.33 bits per heavy atom. The molecule has 0 aliphatic heterocycles. The number of carbonyl (C=O) groups excluding carboxylic acids is 1. The lowest BCUT2D eigenvalue weighted by Gasteiger charge is -2.06. The summed E-state index contributed by atoms with van der Waals surface area (Å²) < 4.78 is 5.10. The fourth-order valence-electron chi connectivity index (χ4n) is 1.32. The van der Waals surface area contributed by atoms with E-state index in [1.54, 1.807) is 18.4 Å². The van der Waals surface area contributed by atoms with Gasteiger partial charge in [-0.15, -0.1) is 11.3 Å². The van der Waals surface area contributed by atoms with E-state index in [0.717, 1.165) is 4.88 Å². The number of ketones is 1. The van der Waals surface area contributed by atoms with Gasteiger partial charge in [-0.1, -0.05) is 6.07 Å². The smallest absolute Gasteiger partial charge is 0.162 e. The van der Waals surface area contributed by atoms with E-state index >= 15 is 0 Å². The second-order valence-electron chi connectivity index (χ2n) is 3.22. The van der Waals surface area contributed by atoms with Gasteiger partial charge in [0, 0.05) is 4.88 Å². The third-order valence-corrected chi connectivity index (χ3v) is 3.08. The zero-order valence-electron chi connectivity index (χ0n) is 8.05. The number of Topliss-reactive ketones (excluding diaryl/α,β-unsaturated/α-hetero) is 1. The largest absolute Gasteiger partial charge is 0.469 e. The highest BCUT2D eigenvalue weighted by atomic mass is 32.1. The summed E-state index contributed by atoms with van der Waals surface area (Å²) in [6, 6.07) is 6.77. The maximum Gasteiger partial charge on any atom is 0.162 e. The van der Waals surface area contributed by atoms with Gasteiger partial charge < -0.3 is 10.2 Å². The van der Waals surface area contributed by atoms with Crippen molar-refractivity contribution in [2.24, 2.45) is 5.73 Å². The molecule has 3 nitrogen and oxygen atoms in total. The number of carbonyl (C=O) groups is 1. The van der Waals surface area contributed by atoms with Crippen LogP contribution >= 0.6 is 11.3 Å². The van der Waals surface area contributed by atoms with Gasteiger partial charge in [-0.3, -0.25) is 4.79 Å². The lowest BCUT2D eigenvalue weighted by molar-refractivity contribution is -0.119.